The van der Waals surface area contributed by atoms with Gasteiger partial charge in [-0.15, -0.1) is 0 Å². The number of benzene rings is 2. The number of rotatable bonds is 9. The van der Waals surface area contributed by atoms with Gasteiger partial charge < -0.3 is 20.3 Å². The van der Waals surface area contributed by atoms with Gasteiger partial charge in [0.1, 0.15) is 5.82 Å². The van der Waals surface area contributed by atoms with E-state index in [1.54, 1.807) is 56.3 Å². The van der Waals surface area contributed by atoms with Crippen LogP contribution in [0.25, 0.3) is 0 Å². The number of nitrogens with zero attached hydrogens (tertiary/aromatic N) is 3. The van der Waals surface area contributed by atoms with Crippen molar-refractivity contribution in [3.8, 4) is 0 Å². The van der Waals surface area contributed by atoms with Crippen molar-refractivity contribution in [1.82, 2.24) is 9.97 Å². The highest BCUT2D eigenvalue weighted by Gasteiger charge is 2.27. The molecule has 1 aromatic heterocycles. The summed E-state index contributed by atoms with van der Waals surface area (Å²) in [6.45, 7) is 4.27. The van der Waals surface area contributed by atoms with Gasteiger partial charge in [-0.3, -0.25) is 4.79 Å². The van der Waals surface area contributed by atoms with Gasteiger partial charge in [0.2, 0.25) is 11.9 Å². The Bertz CT molecular complexity index is 1360. The minimum absolute atomic E-state index is 0.0376. The molecule has 35 heavy (non-hydrogen) atoms. The highest BCUT2D eigenvalue weighted by molar-refractivity contribution is 9.10. The van der Waals surface area contributed by atoms with Crippen LogP contribution in [-0.2, 0) is 25.8 Å². The molecule has 9 nitrogen and oxygen atoms in total. The molecule has 1 aliphatic rings. The number of methoxy groups -OCH3 is 1. The molecule has 1 amide bonds. The molecule has 0 spiro atoms. The van der Waals surface area contributed by atoms with Crippen LogP contribution in [0.2, 0.25) is 0 Å². The molecule has 4 rings (SSSR count). The number of nitrogens with one attached hydrogen (secondary N) is 2. The predicted octanol–water partition coefficient (Wildman–Crippen LogP) is 4.44. The summed E-state index contributed by atoms with van der Waals surface area (Å²) in [6.07, 6.45) is 1.91. The second kappa shape index (κ2) is 10.3. The van der Waals surface area contributed by atoms with Gasteiger partial charge in [-0.1, -0.05) is 12.1 Å². The Morgan fingerprint density at radius 2 is 1.94 bits per heavy atom. The minimum atomic E-state index is -3.50. The number of hydrogen-bond donors (Lipinski definition) is 2. The van der Waals surface area contributed by atoms with E-state index in [0.29, 0.717) is 41.5 Å². The Hall–Kier alpha value is -3.02. The van der Waals surface area contributed by atoms with Crippen molar-refractivity contribution in [2.24, 2.45) is 0 Å². The maximum atomic E-state index is 12.8. The first-order valence-corrected chi connectivity index (χ1v) is 13.4. The molecule has 0 saturated carbocycles. The first-order chi connectivity index (χ1) is 16.7. The summed E-state index contributed by atoms with van der Waals surface area (Å²) >= 11 is 3.43. The summed E-state index contributed by atoms with van der Waals surface area (Å²) in [4.78, 5) is 23.1. The second-order valence-corrected chi connectivity index (χ2v) is 11.6. The highest BCUT2D eigenvalue weighted by atomic mass is 79.9. The summed E-state index contributed by atoms with van der Waals surface area (Å²) < 4.78 is 31.3. The smallest absolute Gasteiger partial charge is 0.231 e. The van der Waals surface area contributed by atoms with Gasteiger partial charge in [-0.2, -0.15) is 4.98 Å². The Kier molecular flexibility index (Phi) is 7.39. The van der Waals surface area contributed by atoms with Gasteiger partial charge in [0.05, 0.1) is 33.3 Å². The van der Waals surface area contributed by atoms with Crippen molar-refractivity contribution in [1.29, 1.82) is 0 Å². The molecule has 3 aromatic rings. The zero-order valence-electron chi connectivity index (χ0n) is 19.6. The number of para-hydroxylation sites is 1. The Morgan fingerprint density at radius 1 is 1.17 bits per heavy atom. The average Bonchev–Trinajstić information content (AvgIpc) is 3.14. The van der Waals surface area contributed by atoms with Crippen LogP contribution in [0.15, 0.2) is 58.0 Å². The van der Waals surface area contributed by atoms with Gasteiger partial charge >= 0.3 is 0 Å². The van der Waals surface area contributed by atoms with Crippen LogP contribution in [0.4, 0.5) is 28.8 Å². The van der Waals surface area contributed by atoms with Crippen LogP contribution < -0.4 is 15.5 Å². The summed E-state index contributed by atoms with van der Waals surface area (Å²) in [5.74, 6) is 0.770. The molecule has 0 aliphatic carbocycles. The Balaban J connectivity index is 1.58. The molecule has 2 N–H and O–H groups in total. The summed E-state index contributed by atoms with van der Waals surface area (Å²) in [7, 11) is -1.89. The third-order valence-corrected chi connectivity index (χ3v) is 8.39. The lowest BCUT2D eigenvalue weighted by Crippen LogP contribution is -2.30. The van der Waals surface area contributed by atoms with Crippen molar-refractivity contribution >= 4 is 60.5 Å². The molecule has 0 atom stereocenters. The zero-order chi connectivity index (χ0) is 25.2. The monoisotopic (exact) mass is 559 g/mol. The topological polar surface area (TPSA) is 114 Å². The molecule has 2 aromatic carbocycles. The fourth-order valence-electron chi connectivity index (χ4n) is 3.73. The lowest BCUT2D eigenvalue weighted by molar-refractivity contribution is -0.117. The van der Waals surface area contributed by atoms with Gasteiger partial charge in [-0.05, 0) is 65.7 Å². The second-order valence-electron chi connectivity index (χ2n) is 8.29. The highest BCUT2D eigenvalue weighted by Crippen LogP contribution is 2.33. The lowest BCUT2D eigenvalue weighted by atomic mass is 10.1. The Labute approximate surface area is 213 Å². The number of sulfone groups is 1. The third kappa shape index (κ3) is 5.31. The van der Waals surface area contributed by atoms with E-state index in [1.807, 2.05) is 18.2 Å². The normalized spacial score (nSPS) is 13.3. The first kappa shape index (κ1) is 25.1. The number of carbonyl (C=O) groups excluding carboxylic acids is 1. The maximum Gasteiger partial charge on any atom is 0.231 e. The van der Waals surface area contributed by atoms with Crippen LogP contribution in [0.3, 0.4) is 0 Å². The van der Waals surface area contributed by atoms with E-state index in [4.69, 9.17) is 4.74 Å². The molecule has 11 heteroatoms. The number of halogens is 1. The zero-order valence-corrected chi connectivity index (χ0v) is 22.0. The predicted molar refractivity (Wildman–Crippen MR) is 139 cm³/mol. The number of fused-ring (bicyclic) bond motifs is 1. The van der Waals surface area contributed by atoms with Crippen LogP contribution in [0, 0.1) is 0 Å². The van der Waals surface area contributed by atoms with Gasteiger partial charge in [-0.25, -0.2) is 13.4 Å². The largest absolute Gasteiger partial charge is 0.383 e. The lowest BCUT2D eigenvalue weighted by Gasteiger charge is -2.17. The van der Waals surface area contributed by atoms with E-state index < -0.39 is 15.1 Å². The van der Waals surface area contributed by atoms with Crippen LogP contribution >= 0.6 is 15.9 Å². The van der Waals surface area contributed by atoms with Crippen molar-refractivity contribution in [2.45, 2.75) is 30.4 Å². The van der Waals surface area contributed by atoms with E-state index in [-0.39, 0.29) is 10.8 Å². The van der Waals surface area contributed by atoms with Crippen LogP contribution in [0.5, 0.6) is 0 Å². The first-order valence-electron chi connectivity index (χ1n) is 11.0. The van der Waals surface area contributed by atoms with Crippen molar-refractivity contribution in [2.75, 3.05) is 35.8 Å². The fraction of sp³-hybridized carbons (Fsp3) is 0.292. The summed E-state index contributed by atoms with van der Waals surface area (Å²) in [5.41, 5.74) is 2.96. The molecule has 2 heterocycles. The number of ether oxygens (including phenoxy) is 1. The molecule has 0 unspecified atom stereocenters. The van der Waals surface area contributed by atoms with E-state index >= 15 is 0 Å². The maximum absolute atomic E-state index is 12.8. The summed E-state index contributed by atoms with van der Waals surface area (Å²) in [5, 5.41) is 5.73. The fourth-order valence-corrected chi connectivity index (χ4v) is 5.22. The Morgan fingerprint density at radius 3 is 2.69 bits per heavy atom. The summed E-state index contributed by atoms with van der Waals surface area (Å²) in [6, 6.07) is 12.4. The van der Waals surface area contributed by atoms with E-state index in [0.717, 1.165) is 16.9 Å². The van der Waals surface area contributed by atoms with Crippen molar-refractivity contribution in [3.05, 3.63) is 58.7 Å². The molecule has 1 aliphatic heterocycles. The molecule has 0 radical (unpaired) electrons. The molecule has 0 bridgehead atoms. The SMILES string of the molecule is COCCN1C(=O)Cc2cc(Nc3ncc(Br)c(Nc4ccccc4S(=O)(=O)C(C)C)n3)ccc21. The number of aromatic nitrogens is 2. The van der Waals surface area contributed by atoms with Crippen molar-refractivity contribution < 1.29 is 17.9 Å². The van der Waals surface area contributed by atoms with E-state index in [2.05, 4.69) is 36.5 Å². The van der Waals surface area contributed by atoms with E-state index in [1.165, 1.54) is 0 Å². The number of amides is 1. The third-order valence-electron chi connectivity index (χ3n) is 5.60. The van der Waals surface area contributed by atoms with Crippen LogP contribution in [-0.4, -0.2) is 49.8 Å². The molecular weight excluding hydrogens is 534 g/mol. The van der Waals surface area contributed by atoms with Gasteiger partial charge in [0.15, 0.2) is 9.84 Å². The average molecular weight is 560 g/mol. The number of carbonyl (C=O) groups is 1. The standard InChI is InChI=1S/C24H26BrN5O4S/c1-15(2)35(32,33)21-7-5-4-6-19(21)28-23-18(25)14-26-24(29-23)27-17-8-9-20-16(12-17)13-22(31)30(20)10-11-34-3/h4-9,12,14-15H,10-11,13H2,1-3H3,(H2,26,27,28,29). The number of hydrogen-bond acceptors (Lipinski definition) is 8. The molecule has 184 valence electrons. The molecular formula is C24H26BrN5O4S. The van der Waals surface area contributed by atoms with Gasteiger partial charge in [0, 0.05) is 31.2 Å². The molecule has 0 saturated heterocycles. The van der Waals surface area contributed by atoms with Crippen LogP contribution in [0.1, 0.15) is 19.4 Å². The van der Waals surface area contributed by atoms with Gasteiger partial charge in [0.25, 0.3) is 0 Å². The van der Waals surface area contributed by atoms with E-state index in [9.17, 15) is 13.2 Å². The number of anilines is 5. The van der Waals surface area contributed by atoms with Crippen molar-refractivity contribution in [3.63, 3.8) is 0 Å². The minimum Gasteiger partial charge on any atom is -0.383 e. The molecule has 0 fully saturated rings. The quantitative estimate of drug-likeness (QED) is 0.395.